The van der Waals surface area contributed by atoms with E-state index < -0.39 is 24.4 Å². The summed E-state index contributed by atoms with van der Waals surface area (Å²) in [5.74, 6) is -9.38. The van der Waals surface area contributed by atoms with Gasteiger partial charge in [0.2, 0.25) is 0 Å². The topological polar surface area (TPSA) is 46.5 Å². The highest BCUT2D eigenvalue weighted by Crippen LogP contribution is 2.39. The Balaban J connectivity index is 4.87. The van der Waals surface area contributed by atoms with Crippen molar-refractivity contribution in [1.82, 2.24) is 0 Å². The molecule has 0 bridgehead atoms. The van der Waals surface area contributed by atoms with Crippen LogP contribution >= 0.6 is 0 Å². The second-order valence-corrected chi connectivity index (χ2v) is 1.94. The minimum atomic E-state index is -6.16. The molecule has 0 aromatic heterocycles. The van der Waals surface area contributed by atoms with Crippen LogP contribution in [0.15, 0.2) is 0 Å². The number of rotatable bonds is 3. The maximum Gasteiger partial charge on any atom is 0.527 e. The minimum absolute atomic E-state index is 1.69. The maximum atomic E-state index is 11.9. The molecule has 0 saturated carbocycles. The molecule has 0 radical (unpaired) electrons. The molecule has 0 atom stereocenters. The molecule has 0 aromatic rings. The summed E-state index contributed by atoms with van der Waals surface area (Å²) in [5, 5.41) is 7.50. The van der Waals surface area contributed by atoms with Crippen molar-refractivity contribution in [3.05, 3.63) is 0 Å². The molecule has 0 unspecified atom stereocenters. The van der Waals surface area contributed by atoms with Crippen LogP contribution in [0.2, 0.25) is 0 Å². The fourth-order valence-electron chi connectivity index (χ4n) is 0.334. The van der Waals surface area contributed by atoms with Crippen molar-refractivity contribution < 1.29 is 45.4 Å². The highest BCUT2D eigenvalue weighted by atomic mass is 19.4. The monoisotopic (exact) mass is 230 g/mol. The smallest absolute Gasteiger partial charge is 0.477 e. The van der Waals surface area contributed by atoms with Gasteiger partial charge in [0.15, 0.2) is 0 Å². The lowest BCUT2D eigenvalue weighted by molar-refractivity contribution is -0.459. The van der Waals surface area contributed by atoms with Gasteiger partial charge in [-0.25, -0.2) is 9.53 Å². The fraction of sp³-hybridized carbons (Fsp3) is 0.750. The Bertz CT molecular complexity index is 232. The summed E-state index contributed by atoms with van der Waals surface area (Å²) in [6, 6.07) is 0. The molecular formula is C4HF7O3. The first kappa shape index (κ1) is 12.9. The van der Waals surface area contributed by atoms with Crippen LogP contribution in [0.5, 0.6) is 0 Å². The van der Waals surface area contributed by atoms with Crippen LogP contribution in [0.25, 0.3) is 0 Å². The summed E-state index contributed by atoms with van der Waals surface area (Å²) in [4.78, 5) is 9.48. The molecule has 0 aliphatic carbocycles. The SMILES string of the molecule is O=C(O)C(F)(F)C(F)(F)OC(F)(F)F. The molecule has 1 N–H and O–H groups in total. The van der Waals surface area contributed by atoms with E-state index in [-0.39, 0.29) is 0 Å². The Hall–Kier alpha value is -1.06. The summed E-state index contributed by atoms with van der Waals surface area (Å²) in [6.07, 6.45) is -12.2. The highest BCUT2D eigenvalue weighted by molar-refractivity contribution is 5.76. The molecule has 0 aliphatic rings. The second-order valence-electron chi connectivity index (χ2n) is 1.94. The lowest BCUT2D eigenvalue weighted by atomic mass is 10.3. The summed E-state index contributed by atoms with van der Waals surface area (Å²) < 4.78 is 82.5. The third-order valence-electron chi connectivity index (χ3n) is 0.878. The number of carboxylic acid groups (broad SMARTS) is 1. The van der Waals surface area contributed by atoms with Gasteiger partial charge < -0.3 is 5.11 Å². The van der Waals surface area contributed by atoms with Gasteiger partial charge in [-0.15, -0.1) is 13.2 Å². The molecule has 0 aliphatic heterocycles. The van der Waals surface area contributed by atoms with E-state index in [1.54, 1.807) is 4.74 Å². The molecular weight excluding hydrogens is 229 g/mol. The molecule has 0 fully saturated rings. The van der Waals surface area contributed by atoms with Crippen molar-refractivity contribution >= 4 is 5.97 Å². The number of ether oxygens (including phenoxy) is 1. The van der Waals surface area contributed by atoms with Crippen LogP contribution in [0, 0.1) is 0 Å². The van der Waals surface area contributed by atoms with Crippen LogP contribution in [0.4, 0.5) is 30.7 Å². The third-order valence-corrected chi connectivity index (χ3v) is 0.878. The van der Waals surface area contributed by atoms with Gasteiger partial charge in [0.05, 0.1) is 0 Å². The number of aliphatic carboxylic acids is 1. The Morgan fingerprint density at radius 1 is 1.00 bits per heavy atom. The first-order valence-electron chi connectivity index (χ1n) is 2.66. The molecule has 0 spiro atoms. The molecule has 0 saturated heterocycles. The molecule has 0 heterocycles. The van der Waals surface area contributed by atoms with Crippen molar-refractivity contribution in [3.63, 3.8) is 0 Å². The van der Waals surface area contributed by atoms with Crippen LogP contribution < -0.4 is 0 Å². The van der Waals surface area contributed by atoms with E-state index in [0.29, 0.717) is 0 Å². The van der Waals surface area contributed by atoms with Gasteiger partial charge in [0.25, 0.3) is 0 Å². The predicted molar refractivity (Wildman–Crippen MR) is 24.7 cm³/mol. The Kier molecular flexibility index (Phi) is 3.01. The van der Waals surface area contributed by atoms with Gasteiger partial charge in [-0.1, -0.05) is 0 Å². The molecule has 0 aromatic carbocycles. The molecule has 10 heteroatoms. The number of hydrogen-bond acceptors (Lipinski definition) is 2. The Labute approximate surface area is 71.1 Å². The molecule has 14 heavy (non-hydrogen) atoms. The summed E-state index contributed by atoms with van der Waals surface area (Å²) in [6.45, 7) is 0. The predicted octanol–water partition coefficient (Wildman–Crippen LogP) is 1.84. The summed E-state index contributed by atoms with van der Waals surface area (Å²) in [7, 11) is 0. The third kappa shape index (κ3) is 2.72. The number of halogens is 7. The number of hydrogen-bond donors (Lipinski definition) is 1. The normalized spacial score (nSPS) is 14.2. The van der Waals surface area contributed by atoms with Gasteiger partial charge in [-0.05, 0) is 0 Å². The lowest BCUT2D eigenvalue weighted by Crippen LogP contribution is -2.51. The first-order valence-corrected chi connectivity index (χ1v) is 2.66. The summed E-state index contributed by atoms with van der Waals surface area (Å²) in [5.41, 5.74) is 0. The van der Waals surface area contributed by atoms with E-state index in [0.717, 1.165) is 0 Å². The minimum Gasteiger partial charge on any atom is -0.477 e. The van der Waals surface area contributed by atoms with Crippen molar-refractivity contribution in [1.29, 1.82) is 0 Å². The van der Waals surface area contributed by atoms with E-state index in [2.05, 4.69) is 0 Å². The van der Waals surface area contributed by atoms with Crippen LogP contribution in [0.3, 0.4) is 0 Å². The maximum absolute atomic E-state index is 11.9. The summed E-state index contributed by atoms with van der Waals surface area (Å²) >= 11 is 0. The number of alkyl halides is 7. The van der Waals surface area contributed by atoms with Crippen LogP contribution in [-0.4, -0.2) is 29.5 Å². The zero-order valence-electron chi connectivity index (χ0n) is 5.91. The molecule has 0 rings (SSSR count). The number of carbonyl (C=O) groups is 1. The Morgan fingerprint density at radius 3 is 1.57 bits per heavy atom. The van der Waals surface area contributed by atoms with Crippen LogP contribution in [0.1, 0.15) is 0 Å². The zero-order chi connectivity index (χ0) is 11.8. The molecule has 0 amide bonds. The second kappa shape index (κ2) is 3.26. The average molecular weight is 230 g/mol. The van der Waals surface area contributed by atoms with Crippen molar-refractivity contribution in [3.8, 4) is 0 Å². The van der Waals surface area contributed by atoms with E-state index in [1.807, 2.05) is 0 Å². The lowest BCUT2D eigenvalue weighted by Gasteiger charge is -2.23. The van der Waals surface area contributed by atoms with Gasteiger partial charge >= 0.3 is 24.4 Å². The van der Waals surface area contributed by atoms with Crippen LogP contribution in [-0.2, 0) is 9.53 Å². The highest BCUT2D eigenvalue weighted by Gasteiger charge is 2.68. The van der Waals surface area contributed by atoms with E-state index >= 15 is 0 Å². The van der Waals surface area contributed by atoms with Gasteiger partial charge in [0.1, 0.15) is 0 Å². The van der Waals surface area contributed by atoms with E-state index in [9.17, 15) is 35.5 Å². The van der Waals surface area contributed by atoms with Gasteiger partial charge in [0, 0.05) is 0 Å². The van der Waals surface area contributed by atoms with Gasteiger partial charge in [-0.2, -0.15) is 17.6 Å². The van der Waals surface area contributed by atoms with Crippen molar-refractivity contribution in [2.24, 2.45) is 0 Å². The largest absolute Gasteiger partial charge is 0.527 e. The van der Waals surface area contributed by atoms with Crippen molar-refractivity contribution in [2.45, 2.75) is 18.4 Å². The van der Waals surface area contributed by atoms with E-state index in [4.69, 9.17) is 5.11 Å². The molecule has 84 valence electrons. The first-order chi connectivity index (χ1) is 5.90. The number of carboxylic acids is 1. The average Bonchev–Trinajstić information content (AvgIpc) is 1.80. The standard InChI is InChI=1S/C4HF7O3/c5-2(6,1(12)13)3(7,8)14-4(9,10)11/h(H,12,13). The van der Waals surface area contributed by atoms with Gasteiger partial charge in [-0.3, -0.25) is 0 Å². The fourth-order valence-corrected chi connectivity index (χ4v) is 0.334. The van der Waals surface area contributed by atoms with Crippen molar-refractivity contribution in [2.75, 3.05) is 0 Å². The molecule has 3 nitrogen and oxygen atoms in total. The quantitative estimate of drug-likeness (QED) is 0.752. The Morgan fingerprint density at radius 2 is 1.36 bits per heavy atom. The zero-order valence-corrected chi connectivity index (χ0v) is 5.91. The van der Waals surface area contributed by atoms with E-state index in [1.165, 1.54) is 0 Å².